The van der Waals surface area contributed by atoms with E-state index >= 15 is 0 Å². The summed E-state index contributed by atoms with van der Waals surface area (Å²) in [5.41, 5.74) is 2.24. The minimum Gasteiger partial charge on any atom is -0.340 e. The summed E-state index contributed by atoms with van der Waals surface area (Å²) in [6, 6.07) is 3.87. The molecule has 4 aromatic rings. The molecular weight excluding hydrogens is 470 g/mol. The molecule has 0 unspecified atom stereocenters. The fourth-order valence-corrected chi connectivity index (χ4v) is 5.61. The van der Waals surface area contributed by atoms with Gasteiger partial charge in [-0.15, -0.1) is 0 Å². The van der Waals surface area contributed by atoms with E-state index in [0.29, 0.717) is 23.0 Å². The van der Waals surface area contributed by atoms with E-state index in [1.165, 1.54) is 24.2 Å². The molecule has 1 aliphatic heterocycles. The minimum absolute atomic E-state index is 0.146. The van der Waals surface area contributed by atoms with Gasteiger partial charge in [0.2, 0.25) is 5.91 Å². The number of carbonyl (C=O) groups is 1. The zero-order valence-electron chi connectivity index (χ0n) is 19.7. The Balaban J connectivity index is 1.37. The average Bonchev–Trinajstić information content (AvgIpc) is 3.37. The minimum atomic E-state index is -3.72. The van der Waals surface area contributed by atoms with Gasteiger partial charge in [0, 0.05) is 38.3 Å². The summed E-state index contributed by atoms with van der Waals surface area (Å²) in [4.78, 5) is 30.6. The molecule has 5 heterocycles. The predicted molar refractivity (Wildman–Crippen MR) is 130 cm³/mol. The van der Waals surface area contributed by atoms with E-state index in [1.807, 2.05) is 13.0 Å². The molecule has 0 aromatic carbocycles. The first-order chi connectivity index (χ1) is 16.6. The van der Waals surface area contributed by atoms with Gasteiger partial charge in [-0.05, 0) is 26.8 Å². The third kappa shape index (κ3) is 4.11. The topological polar surface area (TPSA) is 141 Å². The number of likely N-dealkylation sites (tertiary alicyclic amines) is 1. The van der Waals surface area contributed by atoms with Crippen molar-refractivity contribution in [2.75, 3.05) is 18.4 Å². The van der Waals surface area contributed by atoms with E-state index in [0.717, 1.165) is 20.9 Å². The van der Waals surface area contributed by atoms with Gasteiger partial charge in [-0.25, -0.2) is 28.4 Å². The third-order valence-electron chi connectivity index (χ3n) is 5.97. The van der Waals surface area contributed by atoms with Crippen LogP contribution in [0.15, 0.2) is 36.9 Å². The van der Waals surface area contributed by atoms with Crippen LogP contribution in [0.25, 0.3) is 22.4 Å². The van der Waals surface area contributed by atoms with Crippen molar-refractivity contribution in [3.63, 3.8) is 0 Å². The number of nitrogens with one attached hydrogen (secondary N) is 1. The number of fused-ring (bicyclic) bond motifs is 1. The molecule has 0 bridgehead atoms. The van der Waals surface area contributed by atoms with Crippen molar-refractivity contribution >= 4 is 38.6 Å². The molecule has 182 valence electrons. The molecule has 0 radical (unpaired) electrons. The van der Waals surface area contributed by atoms with E-state index in [-0.39, 0.29) is 25.0 Å². The van der Waals surface area contributed by atoms with Gasteiger partial charge >= 0.3 is 0 Å². The quantitative estimate of drug-likeness (QED) is 0.426. The van der Waals surface area contributed by atoms with Gasteiger partial charge in [0.15, 0.2) is 5.82 Å². The van der Waals surface area contributed by atoms with Gasteiger partial charge in [0.25, 0.3) is 10.0 Å². The Hall–Kier alpha value is -3.87. The van der Waals surface area contributed by atoms with Crippen molar-refractivity contribution in [2.45, 2.75) is 39.0 Å². The molecular formula is C22H25N9O3S. The Labute approximate surface area is 202 Å². The molecule has 4 aromatic heterocycles. The molecule has 1 amide bonds. The first-order valence-electron chi connectivity index (χ1n) is 11.1. The standard InChI is InChI=1S/C22H25N9O3S/c1-13(2)31-14(3)26-18-9-24-21(7-19(18)31)27-20-5-6-23-22(28-20)16-8-25-30(10-16)35(33,34)17-11-29(12-17)15(4)32/h5-10,13,17H,11-12H2,1-4H3,(H,23,24,27,28). The first-order valence-corrected chi connectivity index (χ1v) is 12.6. The Morgan fingerprint density at radius 1 is 1.14 bits per heavy atom. The number of nitrogens with zero attached hydrogens (tertiary/aromatic N) is 8. The van der Waals surface area contributed by atoms with Gasteiger partial charge in [-0.2, -0.15) is 9.19 Å². The molecule has 0 aliphatic carbocycles. The first kappa shape index (κ1) is 22.9. The zero-order valence-corrected chi connectivity index (χ0v) is 20.6. The molecule has 1 fully saturated rings. The highest BCUT2D eigenvalue weighted by Gasteiger charge is 2.40. The fraction of sp³-hybridized carbons (Fsp3) is 0.364. The van der Waals surface area contributed by atoms with Gasteiger partial charge in [-0.1, -0.05) is 0 Å². The zero-order chi connectivity index (χ0) is 24.9. The second-order valence-corrected chi connectivity index (χ2v) is 10.8. The summed E-state index contributed by atoms with van der Waals surface area (Å²) >= 11 is 0. The van der Waals surface area contributed by atoms with Crippen LogP contribution >= 0.6 is 0 Å². The van der Waals surface area contributed by atoms with Gasteiger partial charge in [0.05, 0.1) is 29.7 Å². The van der Waals surface area contributed by atoms with Crippen LogP contribution in [0.5, 0.6) is 0 Å². The van der Waals surface area contributed by atoms with E-state index in [9.17, 15) is 13.2 Å². The van der Waals surface area contributed by atoms with Crippen molar-refractivity contribution in [2.24, 2.45) is 0 Å². The summed E-state index contributed by atoms with van der Waals surface area (Å²) in [5, 5.41) is 6.52. The van der Waals surface area contributed by atoms with Crippen molar-refractivity contribution in [1.29, 1.82) is 0 Å². The maximum atomic E-state index is 12.8. The number of rotatable bonds is 6. The highest BCUT2D eigenvalue weighted by atomic mass is 32.2. The molecule has 35 heavy (non-hydrogen) atoms. The summed E-state index contributed by atoms with van der Waals surface area (Å²) in [6.07, 6.45) is 6.09. The molecule has 5 rings (SSSR count). The van der Waals surface area contributed by atoms with Crippen molar-refractivity contribution in [1.82, 2.24) is 38.6 Å². The normalized spacial score (nSPS) is 14.5. The highest BCUT2D eigenvalue weighted by molar-refractivity contribution is 7.90. The lowest BCUT2D eigenvalue weighted by molar-refractivity contribution is -0.131. The lowest BCUT2D eigenvalue weighted by atomic mass is 10.2. The highest BCUT2D eigenvalue weighted by Crippen LogP contribution is 2.25. The van der Waals surface area contributed by atoms with Gasteiger partial charge < -0.3 is 14.8 Å². The molecule has 0 atom stereocenters. The third-order valence-corrected chi connectivity index (χ3v) is 7.84. The molecule has 0 spiro atoms. The second-order valence-electron chi connectivity index (χ2n) is 8.76. The van der Waals surface area contributed by atoms with Crippen molar-refractivity contribution < 1.29 is 13.2 Å². The molecule has 0 saturated carbocycles. The van der Waals surface area contributed by atoms with Crippen LogP contribution in [0.1, 0.15) is 32.6 Å². The summed E-state index contributed by atoms with van der Waals surface area (Å²) in [7, 11) is -3.72. The smallest absolute Gasteiger partial charge is 0.260 e. The Bertz CT molecular complexity index is 1530. The van der Waals surface area contributed by atoms with Crippen LogP contribution in [0.3, 0.4) is 0 Å². The van der Waals surface area contributed by atoms with Crippen molar-refractivity contribution in [3.05, 3.63) is 42.7 Å². The molecule has 13 heteroatoms. The van der Waals surface area contributed by atoms with E-state index in [1.54, 1.807) is 18.5 Å². The van der Waals surface area contributed by atoms with Gasteiger partial charge in [-0.3, -0.25) is 4.79 Å². The maximum Gasteiger partial charge on any atom is 0.260 e. The monoisotopic (exact) mass is 495 g/mol. The number of imidazole rings is 1. The van der Waals surface area contributed by atoms with Crippen LogP contribution in [0.2, 0.25) is 0 Å². The van der Waals surface area contributed by atoms with Gasteiger partial charge in [0.1, 0.15) is 28.2 Å². The Morgan fingerprint density at radius 2 is 1.91 bits per heavy atom. The number of amides is 1. The largest absolute Gasteiger partial charge is 0.340 e. The summed E-state index contributed by atoms with van der Waals surface area (Å²) < 4.78 is 28.7. The summed E-state index contributed by atoms with van der Waals surface area (Å²) in [5.74, 6) is 2.19. The Morgan fingerprint density at radius 3 is 2.63 bits per heavy atom. The SMILES string of the molecule is CC(=O)N1CC(S(=O)(=O)n2cc(-c3nccc(Nc4cc5c(cn4)nc(C)n5C(C)C)n3)cn2)C1. The fourth-order valence-electron chi connectivity index (χ4n) is 4.13. The number of carbonyl (C=O) groups excluding carboxylic acids is 1. The number of hydrogen-bond donors (Lipinski definition) is 1. The number of pyridine rings is 1. The van der Waals surface area contributed by atoms with Crippen LogP contribution in [-0.4, -0.2) is 71.3 Å². The lowest BCUT2D eigenvalue weighted by Crippen LogP contribution is -2.57. The van der Waals surface area contributed by atoms with Crippen LogP contribution < -0.4 is 5.32 Å². The average molecular weight is 496 g/mol. The lowest BCUT2D eigenvalue weighted by Gasteiger charge is -2.37. The number of hydrogen-bond acceptors (Lipinski definition) is 9. The van der Waals surface area contributed by atoms with Crippen LogP contribution in [0.4, 0.5) is 11.6 Å². The van der Waals surface area contributed by atoms with E-state index in [2.05, 4.69) is 48.8 Å². The predicted octanol–water partition coefficient (Wildman–Crippen LogP) is 2.13. The maximum absolute atomic E-state index is 12.8. The molecule has 1 N–H and O–H groups in total. The van der Waals surface area contributed by atoms with E-state index < -0.39 is 15.3 Å². The Kier molecular flexibility index (Phi) is 5.50. The summed E-state index contributed by atoms with van der Waals surface area (Å²) in [6.45, 7) is 7.91. The van der Waals surface area contributed by atoms with E-state index in [4.69, 9.17) is 0 Å². The van der Waals surface area contributed by atoms with Crippen LogP contribution in [-0.2, 0) is 14.8 Å². The number of aromatic nitrogens is 7. The molecule has 1 saturated heterocycles. The number of anilines is 2. The molecule has 12 nitrogen and oxygen atoms in total. The molecule has 1 aliphatic rings. The van der Waals surface area contributed by atoms with Crippen LogP contribution in [0, 0.1) is 6.92 Å². The second kappa shape index (κ2) is 8.41. The number of aryl methyl sites for hydroxylation is 1. The van der Waals surface area contributed by atoms with Crippen molar-refractivity contribution in [3.8, 4) is 11.4 Å².